The van der Waals surface area contributed by atoms with E-state index in [1.807, 2.05) is 5.32 Å². The first-order chi connectivity index (χ1) is 30.9. The number of aliphatic carboxylic acids is 3. The fourth-order valence-corrected chi connectivity index (χ4v) is 5.41. The number of nitrogens with two attached hydrogens (primary N) is 3. The number of aliphatic imine (C=N–C) groups is 1. The van der Waals surface area contributed by atoms with E-state index in [0.29, 0.717) is 12.8 Å². The molecule has 0 aliphatic carbocycles. The first-order valence-electron chi connectivity index (χ1n) is 19.6. The second-order valence-corrected chi connectivity index (χ2v) is 14.1. The Kier molecular flexibility index (Phi) is 24.4. The summed E-state index contributed by atoms with van der Waals surface area (Å²) in [5, 5.41) is 101. The van der Waals surface area contributed by atoms with Crippen LogP contribution in [0.5, 0.6) is 11.5 Å². The van der Waals surface area contributed by atoms with Crippen molar-refractivity contribution in [1.82, 2.24) is 37.2 Å². The van der Waals surface area contributed by atoms with E-state index in [1.54, 1.807) is 10.6 Å². The molecule has 0 radical (unpaired) electrons. The minimum absolute atomic E-state index is 0.0614. The van der Waals surface area contributed by atoms with E-state index in [9.17, 15) is 83.7 Å². The fourth-order valence-electron chi connectivity index (χ4n) is 5.41. The van der Waals surface area contributed by atoms with Gasteiger partial charge >= 0.3 is 17.9 Å². The summed E-state index contributed by atoms with van der Waals surface area (Å²) in [6.45, 7) is -3.10. The molecule has 368 valence electrons. The van der Waals surface area contributed by atoms with Crippen LogP contribution in [0.4, 0.5) is 0 Å². The van der Waals surface area contributed by atoms with Crippen LogP contribution in [-0.4, -0.2) is 192 Å². The lowest BCUT2D eigenvalue weighted by Crippen LogP contribution is -2.61. The standard InChI is InChI=1S/C36H55N11O19/c37-16(6-1-2-9-40-29(57)15-5-3-8-19(49)26(15)54)20(50)11-21(51)45-18(14-48)30(58)42-12-22(52)44-17(7-4-10-41-36(38)39)31(59)47-24(27(55)34(63)64)32(60)43-13-23(53)46-25(33(61)62)28(56)35(65)66/h3,5,8,16-18,20,24-25,27-28,48-50,54-56H,1-2,4,6-7,9-14,37H2,(H,40,57)(H,42,58)(H,43,60)(H,44,52)(H,45,51)(H,46,53)(H,47,59)(H,61,62)(H,63,64)(H,65,66)(H4,38,39,41)/t16?,17-,18+,20-,24?,25?,27-,28-/m0/s1. The quantitative estimate of drug-likeness (QED) is 0.0147. The molecule has 1 aromatic carbocycles. The number of hydrogen-bond acceptors (Lipinski definition) is 18. The van der Waals surface area contributed by atoms with Gasteiger partial charge in [-0.05, 0) is 37.8 Å². The first-order valence-corrected chi connectivity index (χ1v) is 19.6. The molecule has 22 N–H and O–H groups in total. The summed E-state index contributed by atoms with van der Waals surface area (Å²) in [6, 6.07) is -5.22. The van der Waals surface area contributed by atoms with Gasteiger partial charge in [-0.25, -0.2) is 14.4 Å². The number of guanidine groups is 1. The van der Waals surface area contributed by atoms with Crippen LogP contribution in [0.15, 0.2) is 23.2 Å². The first kappa shape index (κ1) is 56.6. The molecule has 0 fully saturated rings. The highest BCUT2D eigenvalue weighted by Gasteiger charge is 2.37. The second-order valence-electron chi connectivity index (χ2n) is 14.1. The smallest absolute Gasteiger partial charge is 0.335 e. The number of amides is 7. The SMILES string of the molecule is NC(N)=NCCC[C@H](NC(=O)CNC(=O)[C@@H](CO)NC(=O)C[C@H](O)C(N)CCCCNC(=O)c1cccc(O)c1O)C(=O)NC(C(=O)NCC(=O)NC(C(=O)O)[C@H](O)C(=O)O)[C@H](O)C(=O)O. The normalized spacial score (nSPS) is 14.4. The molecule has 0 bridgehead atoms. The summed E-state index contributed by atoms with van der Waals surface area (Å²) in [6.07, 6.45) is -6.85. The van der Waals surface area contributed by atoms with Gasteiger partial charge in [-0.3, -0.25) is 38.6 Å². The number of carboxylic acids is 3. The highest BCUT2D eigenvalue weighted by molar-refractivity contribution is 5.98. The zero-order chi connectivity index (χ0) is 50.3. The van der Waals surface area contributed by atoms with Gasteiger partial charge in [-0.15, -0.1) is 0 Å². The van der Waals surface area contributed by atoms with Gasteiger partial charge in [0.05, 0.1) is 37.8 Å². The maximum Gasteiger partial charge on any atom is 0.335 e. The summed E-state index contributed by atoms with van der Waals surface area (Å²) in [4.78, 5) is 127. The number of phenols is 2. The van der Waals surface area contributed by atoms with Gasteiger partial charge < -0.3 is 100 Å². The molecule has 0 heterocycles. The van der Waals surface area contributed by atoms with Crippen molar-refractivity contribution in [3.8, 4) is 11.5 Å². The molecule has 0 aromatic heterocycles. The summed E-state index contributed by atoms with van der Waals surface area (Å²) in [5.74, 6) is -15.6. The van der Waals surface area contributed by atoms with Crippen molar-refractivity contribution in [2.24, 2.45) is 22.2 Å². The lowest BCUT2D eigenvalue weighted by atomic mass is 10.0. The lowest BCUT2D eigenvalue weighted by molar-refractivity contribution is -0.157. The van der Waals surface area contributed by atoms with E-state index in [2.05, 4.69) is 26.3 Å². The van der Waals surface area contributed by atoms with E-state index >= 15 is 0 Å². The third-order valence-corrected chi connectivity index (χ3v) is 8.98. The van der Waals surface area contributed by atoms with Gasteiger partial charge in [0.1, 0.15) is 18.1 Å². The van der Waals surface area contributed by atoms with Crippen molar-refractivity contribution in [1.29, 1.82) is 0 Å². The van der Waals surface area contributed by atoms with Crippen molar-refractivity contribution in [2.75, 3.05) is 32.8 Å². The molecule has 7 amide bonds. The number of aromatic hydroxyl groups is 2. The largest absolute Gasteiger partial charge is 0.504 e. The van der Waals surface area contributed by atoms with Crippen LogP contribution in [0, 0.1) is 0 Å². The Morgan fingerprint density at radius 3 is 1.79 bits per heavy atom. The van der Waals surface area contributed by atoms with E-state index in [0.717, 1.165) is 0 Å². The number of para-hydroxylation sites is 1. The van der Waals surface area contributed by atoms with Crippen LogP contribution in [0.2, 0.25) is 0 Å². The minimum Gasteiger partial charge on any atom is -0.504 e. The number of nitrogens with zero attached hydrogens (tertiary/aromatic N) is 1. The van der Waals surface area contributed by atoms with Gasteiger partial charge in [-0.2, -0.15) is 0 Å². The molecule has 66 heavy (non-hydrogen) atoms. The van der Waals surface area contributed by atoms with Gasteiger partial charge in [0.15, 0.2) is 35.7 Å². The van der Waals surface area contributed by atoms with Crippen LogP contribution in [-0.2, 0) is 43.2 Å². The van der Waals surface area contributed by atoms with Crippen molar-refractivity contribution >= 4 is 65.2 Å². The van der Waals surface area contributed by atoms with Crippen LogP contribution < -0.4 is 54.4 Å². The average Bonchev–Trinajstić information content (AvgIpc) is 3.25. The predicted molar refractivity (Wildman–Crippen MR) is 220 cm³/mol. The molecule has 0 saturated carbocycles. The number of carboxylic acid groups (broad SMARTS) is 3. The molecule has 0 aliphatic rings. The number of unbranched alkanes of at least 4 members (excludes halogenated alkanes) is 1. The van der Waals surface area contributed by atoms with E-state index in [1.165, 1.54) is 18.2 Å². The molecule has 30 heteroatoms. The molecule has 0 aliphatic heterocycles. The third kappa shape index (κ3) is 20.0. The van der Waals surface area contributed by atoms with E-state index < -0.39 is 145 Å². The highest BCUT2D eigenvalue weighted by atomic mass is 16.4. The van der Waals surface area contributed by atoms with Crippen molar-refractivity contribution in [3.05, 3.63) is 23.8 Å². The van der Waals surface area contributed by atoms with Crippen molar-refractivity contribution in [2.45, 2.75) is 87.0 Å². The lowest BCUT2D eigenvalue weighted by Gasteiger charge is -2.25. The number of hydrogen-bond donors (Lipinski definition) is 19. The second kappa shape index (κ2) is 28.4. The number of rotatable bonds is 30. The number of aliphatic hydroxyl groups is 4. The molecule has 1 rings (SSSR count). The number of aliphatic hydroxyl groups excluding tert-OH is 4. The van der Waals surface area contributed by atoms with Gasteiger partial charge in [-0.1, -0.05) is 12.5 Å². The fraction of sp³-hybridized carbons (Fsp3) is 0.528. The average molecular weight is 946 g/mol. The highest BCUT2D eigenvalue weighted by Crippen LogP contribution is 2.27. The van der Waals surface area contributed by atoms with Gasteiger partial charge in [0.25, 0.3) is 5.91 Å². The van der Waals surface area contributed by atoms with Crippen molar-refractivity contribution in [3.63, 3.8) is 0 Å². The van der Waals surface area contributed by atoms with E-state index in [-0.39, 0.29) is 43.9 Å². The Balaban J connectivity index is 2.85. The number of carbonyl (C=O) groups is 10. The Hall–Kier alpha value is -7.41. The zero-order valence-corrected chi connectivity index (χ0v) is 34.9. The summed E-state index contributed by atoms with van der Waals surface area (Å²) in [7, 11) is 0. The summed E-state index contributed by atoms with van der Waals surface area (Å²) >= 11 is 0. The maximum atomic E-state index is 13.3. The zero-order valence-electron chi connectivity index (χ0n) is 34.9. The maximum absolute atomic E-state index is 13.3. The monoisotopic (exact) mass is 945 g/mol. The van der Waals surface area contributed by atoms with Gasteiger partial charge in [0.2, 0.25) is 35.4 Å². The van der Waals surface area contributed by atoms with Crippen LogP contribution >= 0.6 is 0 Å². The number of benzene rings is 1. The topological polar surface area (TPSA) is 527 Å². The van der Waals surface area contributed by atoms with Crippen molar-refractivity contribution < 1.29 is 93.9 Å². The predicted octanol–water partition coefficient (Wildman–Crippen LogP) is -8.73. The van der Waals surface area contributed by atoms with Gasteiger partial charge in [0, 0.05) is 19.1 Å². The molecule has 0 spiro atoms. The number of nitrogens with one attached hydrogen (secondary N) is 7. The summed E-state index contributed by atoms with van der Waals surface area (Å²) in [5.41, 5.74) is 16.4. The Labute approximate surface area is 373 Å². The Morgan fingerprint density at radius 2 is 1.21 bits per heavy atom. The third-order valence-electron chi connectivity index (χ3n) is 8.98. The Morgan fingerprint density at radius 1 is 0.636 bits per heavy atom. The molecule has 0 saturated heterocycles. The molecule has 1 aromatic rings. The molecule has 3 unspecified atom stereocenters. The summed E-state index contributed by atoms with van der Waals surface area (Å²) < 4.78 is 0. The van der Waals surface area contributed by atoms with Crippen LogP contribution in [0.3, 0.4) is 0 Å². The molecular formula is C36H55N11O19. The number of phenolic OH excluding ortho intramolecular Hbond substituents is 2. The molecule has 8 atom stereocenters. The number of carbonyl (C=O) groups excluding carboxylic acids is 7. The molecular weight excluding hydrogens is 890 g/mol. The van der Waals surface area contributed by atoms with Crippen LogP contribution in [0.1, 0.15) is 48.9 Å². The van der Waals surface area contributed by atoms with Crippen LogP contribution in [0.25, 0.3) is 0 Å². The van der Waals surface area contributed by atoms with E-state index in [4.69, 9.17) is 27.4 Å². The molecule has 30 nitrogen and oxygen atoms in total. The minimum atomic E-state index is -2.71. The Bertz CT molecular complexity index is 1930.